The Morgan fingerprint density at radius 3 is 2.55 bits per heavy atom. The molecule has 6 nitrogen and oxygen atoms in total. The Hall–Kier alpha value is -2.54. The number of rotatable bonds is 3. The number of aromatic amines is 2. The number of hydrogen-bond acceptors (Lipinski definition) is 5. The Labute approximate surface area is 117 Å². The normalized spacial score (nSPS) is 10.8. The molecule has 5 N–H and O–H groups in total. The first-order valence-corrected chi connectivity index (χ1v) is 6.83. The van der Waals surface area contributed by atoms with E-state index >= 15 is 0 Å². The molecule has 2 aromatic heterocycles. The molecule has 0 spiro atoms. The van der Waals surface area contributed by atoms with Gasteiger partial charge < -0.3 is 21.0 Å². The molecular formula is C13H12N4O2S. The van der Waals surface area contributed by atoms with Crippen molar-refractivity contribution in [2.45, 2.75) is 6.54 Å². The summed E-state index contributed by atoms with van der Waals surface area (Å²) < 4.78 is 0. The van der Waals surface area contributed by atoms with Crippen molar-refractivity contribution in [3.8, 4) is 0 Å². The highest BCUT2D eigenvalue weighted by Gasteiger charge is 2.03. The van der Waals surface area contributed by atoms with Crippen LogP contribution in [0.25, 0.3) is 11.0 Å². The predicted molar refractivity (Wildman–Crippen MR) is 81.2 cm³/mol. The van der Waals surface area contributed by atoms with Gasteiger partial charge in [0, 0.05) is 16.3 Å². The fourth-order valence-electron chi connectivity index (χ4n) is 1.90. The summed E-state index contributed by atoms with van der Waals surface area (Å²) in [7, 11) is 0. The molecule has 0 fully saturated rings. The average Bonchev–Trinajstić information content (AvgIpc) is 2.83. The van der Waals surface area contributed by atoms with Gasteiger partial charge >= 0.3 is 11.1 Å². The van der Waals surface area contributed by atoms with Crippen molar-refractivity contribution in [1.82, 2.24) is 9.97 Å². The lowest BCUT2D eigenvalue weighted by atomic mass is 10.2. The number of fused-ring (bicyclic) bond motifs is 1. The van der Waals surface area contributed by atoms with Gasteiger partial charge in [-0.3, -0.25) is 9.59 Å². The van der Waals surface area contributed by atoms with Crippen molar-refractivity contribution in [3.63, 3.8) is 0 Å². The van der Waals surface area contributed by atoms with Crippen molar-refractivity contribution >= 4 is 33.7 Å². The Bertz CT molecular complexity index is 878. The van der Waals surface area contributed by atoms with Crippen LogP contribution in [-0.4, -0.2) is 9.97 Å². The molecule has 0 saturated heterocycles. The molecule has 0 amide bonds. The third-order valence-electron chi connectivity index (χ3n) is 2.96. The molecular weight excluding hydrogens is 276 g/mol. The molecule has 0 saturated carbocycles. The van der Waals surface area contributed by atoms with E-state index in [1.54, 1.807) is 23.5 Å². The summed E-state index contributed by atoms with van der Waals surface area (Å²) in [4.78, 5) is 28.6. The monoisotopic (exact) mass is 288 g/mol. The summed E-state index contributed by atoms with van der Waals surface area (Å²) in [6.45, 7) is 0.614. The first-order chi connectivity index (χ1) is 9.63. The van der Waals surface area contributed by atoms with Crippen LogP contribution in [0.4, 0.5) is 11.4 Å². The minimum atomic E-state index is -0.655. The van der Waals surface area contributed by atoms with Gasteiger partial charge in [0.25, 0.3) is 0 Å². The second-order valence-electron chi connectivity index (χ2n) is 4.32. The maximum Gasteiger partial charge on any atom is 0.314 e. The zero-order valence-corrected chi connectivity index (χ0v) is 11.2. The highest BCUT2D eigenvalue weighted by Crippen LogP contribution is 2.21. The number of thiophene rings is 1. The van der Waals surface area contributed by atoms with Crippen LogP contribution in [0.1, 0.15) is 4.88 Å². The van der Waals surface area contributed by atoms with E-state index in [0.29, 0.717) is 17.6 Å². The molecule has 1 aromatic carbocycles. The first kappa shape index (κ1) is 12.5. The summed E-state index contributed by atoms with van der Waals surface area (Å²) in [5, 5.41) is 5.17. The number of benzene rings is 1. The maximum atomic E-state index is 11.3. The second kappa shape index (κ2) is 4.86. The van der Waals surface area contributed by atoms with Crippen molar-refractivity contribution in [3.05, 3.63) is 55.2 Å². The Morgan fingerprint density at radius 1 is 1.10 bits per heavy atom. The molecule has 7 heteroatoms. The van der Waals surface area contributed by atoms with Gasteiger partial charge in [0.05, 0.1) is 17.6 Å². The van der Waals surface area contributed by atoms with Crippen LogP contribution in [0, 0.1) is 0 Å². The molecule has 20 heavy (non-hydrogen) atoms. The van der Waals surface area contributed by atoms with Crippen LogP contribution in [0.5, 0.6) is 0 Å². The van der Waals surface area contributed by atoms with E-state index in [-0.39, 0.29) is 0 Å². The van der Waals surface area contributed by atoms with Crippen LogP contribution in [-0.2, 0) is 6.54 Å². The highest BCUT2D eigenvalue weighted by atomic mass is 32.1. The summed E-state index contributed by atoms with van der Waals surface area (Å²) in [6.07, 6.45) is 0. The van der Waals surface area contributed by atoms with Crippen molar-refractivity contribution in [2.75, 3.05) is 11.1 Å². The maximum absolute atomic E-state index is 11.3. The zero-order chi connectivity index (χ0) is 14.1. The molecule has 2 heterocycles. The van der Waals surface area contributed by atoms with Gasteiger partial charge in [-0.05, 0) is 29.6 Å². The molecule has 3 rings (SSSR count). The second-order valence-corrected chi connectivity index (χ2v) is 5.32. The lowest BCUT2D eigenvalue weighted by Crippen LogP contribution is -2.28. The molecule has 0 unspecified atom stereocenters. The molecule has 0 bridgehead atoms. The van der Waals surface area contributed by atoms with Crippen molar-refractivity contribution < 1.29 is 0 Å². The third-order valence-corrected chi connectivity index (χ3v) is 3.89. The number of anilines is 2. The van der Waals surface area contributed by atoms with Crippen molar-refractivity contribution in [1.29, 1.82) is 0 Å². The van der Waals surface area contributed by atoms with Gasteiger partial charge in [0.2, 0.25) is 0 Å². The lowest BCUT2D eigenvalue weighted by Gasteiger charge is -2.07. The van der Waals surface area contributed by atoms with E-state index in [1.165, 1.54) is 0 Å². The van der Waals surface area contributed by atoms with Crippen LogP contribution >= 0.6 is 11.3 Å². The minimum absolute atomic E-state index is 0.582. The Kier molecular flexibility index (Phi) is 3.03. The number of hydrogen-bond donors (Lipinski definition) is 4. The average molecular weight is 288 g/mol. The van der Waals surface area contributed by atoms with Gasteiger partial charge in [-0.2, -0.15) is 0 Å². The van der Waals surface area contributed by atoms with Gasteiger partial charge in [-0.15, -0.1) is 11.3 Å². The number of nitrogens with one attached hydrogen (secondary N) is 3. The van der Waals surface area contributed by atoms with E-state index in [2.05, 4.69) is 15.3 Å². The van der Waals surface area contributed by atoms with Crippen molar-refractivity contribution in [2.24, 2.45) is 0 Å². The predicted octanol–water partition coefficient (Wildman–Crippen LogP) is 1.47. The van der Waals surface area contributed by atoms with Crippen LogP contribution in [0.15, 0.2) is 39.2 Å². The largest absolute Gasteiger partial charge is 0.398 e. The summed E-state index contributed by atoms with van der Waals surface area (Å²) in [6, 6.07) is 7.22. The fourth-order valence-corrected chi connectivity index (χ4v) is 2.64. The van der Waals surface area contributed by atoms with Gasteiger partial charge in [-0.25, -0.2) is 0 Å². The molecule has 3 aromatic rings. The number of nitrogen functional groups attached to an aromatic ring is 1. The molecule has 102 valence electrons. The quantitative estimate of drug-likeness (QED) is 0.548. The fraction of sp³-hybridized carbons (Fsp3) is 0.0769. The SMILES string of the molecule is Nc1ccsc1CNc1ccc2[nH]c(=O)c(=O)[nH]c2c1. The number of aromatic nitrogens is 2. The topological polar surface area (TPSA) is 104 Å². The molecule has 0 atom stereocenters. The van der Waals surface area contributed by atoms with E-state index in [1.807, 2.05) is 17.5 Å². The Balaban J connectivity index is 1.89. The van der Waals surface area contributed by atoms with Gasteiger partial charge in [0.15, 0.2) is 0 Å². The smallest absolute Gasteiger partial charge is 0.314 e. The van der Waals surface area contributed by atoms with E-state index < -0.39 is 11.1 Å². The molecule has 0 aliphatic carbocycles. The van der Waals surface area contributed by atoms with Crippen LogP contribution < -0.4 is 22.2 Å². The summed E-state index contributed by atoms with van der Waals surface area (Å²) in [5.74, 6) is 0. The third kappa shape index (κ3) is 2.30. The Morgan fingerprint density at radius 2 is 1.85 bits per heavy atom. The standard InChI is InChI=1S/C13H12N4O2S/c14-8-3-4-20-11(8)6-15-7-1-2-9-10(5-7)17-13(19)12(18)16-9/h1-5,15H,6,14H2,(H,16,18)(H,17,19). The summed E-state index contributed by atoms with van der Waals surface area (Å²) in [5.41, 5.74) is 7.29. The summed E-state index contributed by atoms with van der Waals surface area (Å²) >= 11 is 1.58. The molecule has 0 aliphatic rings. The van der Waals surface area contributed by atoms with E-state index in [9.17, 15) is 9.59 Å². The number of H-pyrrole nitrogens is 2. The van der Waals surface area contributed by atoms with E-state index in [4.69, 9.17) is 5.73 Å². The van der Waals surface area contributed by atoms with Gasteiger partial charge in [-0.1, -0.05) is 0 Å². The van der Waals surface area contributed by atoms with E-state index in [0.717, 1.165) is 16.3 Å². The van der Waals surface area contributed by atoms with Crippen LogP contribution in [0.3, 0.4) is 0 Å². The highest BCUT2D eigenvalue weighted by molar-refractivity contribution is 7.10. The zero-order valence-electron chi connectivity index (χ0n) is 10.4. The first-order valence-electron chi connectivity index (χ1n) is 5.95. The lowest BCUT2D eigenvalue weighted by molar-refractivity contribution is 1.14. The van der Waals surface area contributed by atoms with Gasteiger partial charge in [0.1, 0.15) is 0 Å². The van der Waals surface area contributed by atoms with Crippen LogP contribution in [0.2, 0.25) is 0 Å². The minimum Gasteiger partial charge on any atom is -0.398 e. The molecule has 0 radical (unpaired) electrons. The number of nitrogens with two attached hydrogens (primary N) is 1. The molecule has 0 aliphatic heterocycles.